The summed E-state index contributed by atoms with van der Waals surface area (Å²) in [7, 11) is 0. The summed E-state index contributed by atoms with van der Waals surface area (Å²) in [5, 5.41) is 11.0. The highest BCUT2D eigenvalue weighted by molar-refractivity contribution is 5.81. The molecule has 0 spiro atoms. The van der Waals surface area contributed by atoms with E-state index in [0.29, 0.717) is 6.42 Å². The molecular formula is C9H12N2O. The molecule has 0 radical (unpaired) electrons. The zero-order chi connectivity index (χ0) is 9.40. The van der Waals surface area contributed by atoms with E-state index < -0.39 is 5.92 Å². The van der Waals surface area contributed by atoms with Crippen LogP contribution in [0.25, 0.3) is 0 Å². The Morgan fingerprint density at radius 2 is 2.42 bits per heavy atom. The molecule has 0 rings (SSSR count). The van der Waals surface area contributed by atoms with Gasteiger partial charge < -0.3 is 5.32 Å². The van der Waals surface area contributed by atoms with Crippen LogP contribution in [0.5, 0.6) is 0 Å². The molecular weight excluding hydrogens is 152 g/mol. The predicted octanol–water partition coefficient (Wildman–Crippen LogP) is 0.676. The Labute approximate surface area is 72.8 Å². The second kappa shape index (κ2) is 6.24. The van der Waals surface area contributed by atoms with Crippen molar-refractivity contribution >= 4 is 5.91 Å². The van der Waals surface area contributed by atoms with Crippen molar-refractivity contribution in [2.24, 2.45) is 5.92 Å². The second-order valence-electron chi connectivity index (χ2n) is 2.39. The number of nitriles is 1. The molecule has 3 heteroatoms. The number of terminal acetylenes is 1. The van der Waals surface area contributed by atoms with E-state index in [0.717, 1.165) is 6.42 Å². The van der Waals surface area contributed by atoms with Crippen molar-refractivity contribution in [2.75, 3.05) is 6.54 Å². The lowest BCUT2D eigenvalue weighted by Crippen LogP contribution is -2.30. The molecule has 0 bridgehead atoms. The Bertz CT molecular complexity index is 222. The first kappa shape index (κ1) is 10.5. The van der Waals surface area contributed by atoms with E-state index in [-0.39, 0.29) is 12.5 Å². The van der Waals surface area contributed by atoms with Crippen LogP contribution in [0.3, 0.4) is 0 Å². The van der Waals surface area contributed by atoms with Crippen LogP contribution in [-0.4, -0.2) is 12.5 Å². The van der Waals surface area contributed by atoms with Crippen molar-refractivity contribution in [3.63, 3.8) is 0 Å². The van der Waals surface area contributed by atoms with Gasteiger partial charge in [0.2, 0.25) is 5.91 Å². The Hall–Kier alpha value is -1.48. The topological polar surface area (TPSA) is 52.9 Å². The SMILES string of the molecule is C#CCNC(=O)C(C#N)CCC. The third kappa shape index (κ3) is 3.63. The zero-order valence-corrected chi connectivity index (χ0v) is 7.13. The van der Waals surface area contributed by atoms with Crippen molar-refractivity contribution in [3.8, 4) is 18.4 Å². The van der Waals surface area contributed by atoms with E-state index in [2.05, 4.69) is 11.2 Å². The van der Waals surface area contributed by atoms with Gasteiger partial charge in [0.15, 0.2) is 0 Å². The molecule has 64 valence electrons. The number of hydrogen-bond donors (Lipinski definition) is 1. The lowest BCUT2D eigenvalue weighted by Gasteiger charge is -2.05. The van der Waals surface area contributed by atoms with Gasteiger partial charge in [0.1, 0.15) is 5.92 Å². The third-order valence-corrected chi connectivity index (χ3v) is 1.41. The van der Waals surface area contributed by atoms with Crippen LogP contribution in [0.15, 0.2) is 0 Å². The molecule has 0 aromatic carbocycles. The number of carbonyl (C=O) groups is 1. The van der Waals surface area contributed by atoms with Crippen LogP contribution in [0.1, 0.15) is 19.8 Å². The van der Waals surface area contributed by atoms with Crippen LogP contribution in [0.2, 0.25) is 0 Å². The minimum Gasteiger partial charge on any atom is -0.344 e. The van der Waals surface area contributed by atoms with Crippen LogP contribution in [0, 0.1) is 29.6 Å². The van der Waals surface area contributed by atoms with Gasteiger partial charge in [-0.3, -0.25) is 4.79 Å². The number of carbonyl (C=O) groups excluding carboxylic acids is 1. The summed E-state index contributed by atoms with van der Waals surface area (Å²) in [5.74, 6) is 1.46. The monoisotopic (exact) mass is 164 g/mol. The van der Waals surface area contributed by atoms with Gasteiger partial charge in [0.05, 0.1) is 12.6 Å². The fraction of sp³-hybridized carbons (Fsp3) is 0.556. The molecule has 12 heavy (non-hydrogen) atoms. The maximum Gasteiger partial charge on any atom is 0.238 e. The molecule has 0 saturated carbocycles. The normalized spacial score (nSPS) is 10.9. The highest BCUT2D eigenvalue weighted by Crippen LogP contribution is 2.03. The smallest absolute Gasteiger partial charge is 0.238 e. The largest absolute Gasteiger partial charge is 0.344 e. The van der Waals surface area contributed by atoms with Gasteiger partial charge >= 0.3 is 0 Å². The minimum absolute atomic E-state index is 0.195. The minimum atomic E-state index is -0.552. The van der Waals surface area contributed by atoms with E-state index in [1.54, 1.807) is 0 Å². The number of amides is 1. The Kier molecular flexibility index (Phi) is 5.47. The van der Waals surface area contributed by atoms with Gasteiger partial charge in [-0.25, -0.2) is 0 Å². The fourth-order valence-electron chi connectivity index (χ4n) is 0.804. The standard InChI is InChI=1S/C9H12N2O/c1-3-5-8(7-10)9(12)11-6-4-2/h2,8H,3,5-6H2,1H3,(H,11,12). The summed E-state index contributed by atoms with van der Waals surface area (Å²) in [6, 6.07) is 1.93. The third-order valence-electron chi connectivity index (χ3n) is 1.41. The average Bonchev–Trinajstić information content (AvgIpc) is 2.10. The highest BCUT2D eigenvalue weighted by Gasteiger charge is 2.14. The molecule has 0 aliphatic rings. The lowest BCUT2D eigenvalue weighted by atomic mass is 10.1. The van der Waals surface area contributed by atoms with Crippen molar-refractivity contribution in [3.05, 3.63) is 0 Å². The first-order chi connectivity index (χ1) is 5.76. The van der Waals surface area contributed by atoms with Gasteiger partial charge in [-0.15, -0.1) is 6.42 Å². The second-order valence-corrected chi connectivity index (χ2v) is 2.39. The van der Waals surface area contributed by atoms with Gasteiger partial charge in [-0.2, -0.15) is 5.26 Å². The molecule has 0 saturated heterocycles. The van der Waals surface area contributed by atoms with E-state index in [1.807, 2.05) is 13.0 Å². The predicted molar refractivity (Wildman–Crippen MR) is 45.9 cm³/mol. The van der Waals surface area contributed by atoms with Crippen LogP contribution < -0.4 is 5.32 Å². The molecule has 1 unspecified atom stereocenters. The Morgan fingerprint density at radius 3 is 2.83 bits per heavy atom. The average molecular weight is 164 g/mol. The molecule has 3 nitrogen and oxygen atoms in total. The lowest BCUT2D eigenvalue weighted by molar-refractivity contribution is -0.123. The Balaban J connectivity index is 3.89. The first-order valence-corrected chi connectivity index (χ1v) is 3.87. The van der Waals surface area contributed by atoms with Crippen molar-refractivity contribution in [1.82, 2.24) is 5.32 Å². The molecule has 0 fully saturated rings. The van der Waals surface area contributed by atoms with Gasteiger partial charge in [0, 0.05) is 0 Å². The summed E-state index contributed by atoms with van der Waals surface area (Å²) in [6.07, 6.45) is 6.36. The molecule has 0 aliphatic heterocycles. The van der Waals surface area contributed by atoms with E-state index in [1.165, 1.54) is 0 Å². The molecule has 0 aliphatic carbocycles. The summed E-state index contributed by atoms with van der Waals surface area (Å²) in [6.45, 7) is 2.12. The van der Waals surface area contributed by atoms with Gasteiger partial charge in [-0.1, -0.05) is 19.3 Å². The number of nitrogens with one attached hydrogen (secondary N) is 1. The fourth-order valence-corrected chi connectivity index (χ4v) is 0.804. The summed E-state index contributed by atoms with van der Waals surface area (Å²) >= 11 is 0. The number of hydrogen-bond acceptors (Lipinski definition) is 2. The number of rotatable bonds is 4. The summed E-state index contributed by atoms with van der Waals surface area (Å²) in [4.78, 5) is 11.1. The first-order valence-electron chi connectivity index (χ1n) is 3.87. The van der Waals surface area contributed by atoms with Gasteiger partial charge in [-0.05, 0) is 6.42 Å². The van der Waals surface area contributed by atoms with E-state index >= 15 is 0 Å². The van der Waals surface area contributed by atoms with Crippen LogP contribution in [-0.2, 0) is 4.79 Å². The zero-order valence-electron chi connectivity index (χ0n) is 7.13. The molecule has 1 amide bonds. The van der Waals surface area contributed by atoms with E-state index in [4.69, 9.17) is 11.7 Å². The highest BCUT2D eigenvalue weighted by atomic mass is 16.1. The molecule has 1 N–H and O–H groups in total. The molecule has 0 aromatic rings. The van der Waals surface area contributed by atoms with Gasteiger partial charge in [0.25, 0.3) is 0 Å². The van der Waals surface area contributed by atoms with E-state index in [9.17, 15) is 4.79 Å². The summed E-state index contributed by atoms with van der Waals surface area (Å²) < 4.78 is 0. The van der Waals surface area contributed by atoms with Crippen LogP contribution in [0.4, 0.5) is 0 Å². The van der Waals surface area contributed by atoms with Crippen molar-refractivity contribution in [2.45, 2.75) is 19.8 Å². The maximum absolute atomic E-state index is 11.1. The van der Waals surface area contributed by atoms with Crippen molar-refractivity contribution < 1.29 is 4.79 Å². The molecule has 1 atom stereocenters. The van der Waals surface area contributed by atoms with Crippen LogP contribution >= 0.6 is 0 Å². The maximum atomic E-state index is 11.1. The number of nitrogens with zero attached hydrogens (tertiary/aromatic N) is 1. The quantitative estimate of drug-likeness (QED) is 0.621. The Morgan fingerprint density at radius 1 is 1.75 bits per heavy atom. The molecule has 0 aromatic heterocycles. The molecule has 0 heterocycles. The van der Waals surface area contributed by atoms with Crippen molar-refractivity contribution in [1.29, 1.82) is 5.26 Å². The summed E-state index contributed by atoms with van der Waals surface area (Å²) in [5.41, 5.74) is 0.